The summed E-state index contributed by atoms with van der Waals surface area (Å²) in [5.41, 5.74) is 1.41. The van der Waals surface area contributed by atoms with Crippen molar-refractivity contribution in [3.8, 4) is 11.5 Å². The fraction of sp³-hybridized carbons (Fsp3) is 0.278. The Kier molecular flexibility index (Phi) is 7.17. The van der Waals surface area contributed by atoms with E-state index in [-0.39, 0.29) is 18.2 Å². The molecule has 0 aromatic heterocycles. The van der Waals surface area contributed by atoms with Crippen molar-refractivity contribution in [2.45, 2.75) is 13.2 Å². The number of carbonyl (C=O) groups excluding carboxylic acids is 1. The zero-order valence-electron chi connectivity index (χ0n) is 14.4. The van der Waals surface area contributed by atoms with Crippen molar-refractivity contribution in [3.63, 3.8) is 0 Å². The molecule has 2 rings (SSSR count). The maximum atomic E-state index is 12.2. The van der Waals surface area contributed by atoms with Gasteiger partial charge in [-0.3, -0.25) is 4.79 Å². The number of alkyl halides is 2. The molecule has 0 saturated carbocycles. The molecule has 140 valence electrons. The van der Waals surface area contributed by atoms with E-state index in [1.165, 1.54) is 19.2 Å². The summed E-state index contributed by atoms with van der Waals surface area (Å²) in [5, 5.41) is 3.27. The number of anilines is 1. The summed E-state index contributed by atoms with van der Waals surface area (Å²) in [6.07, 6.45) is 0. The smallest absolute Gasteiger partial charge is 0.387 e. The molecule has 0 aliphatic rings. The van der Waals surface area contributed by atoms with Crippen molar-refractivity contribution in [1.29, 1.82) is 0 Å². The second-order valence-electron chi connectivity index (χ2n) is 5.73. The van der Waals surface area contributed by atoms with E-state index in [1.54, 1.807) is 30.3 Å². The quantitative estimate of drug-likeness (QED) is 0.734. The molecule has 2 N–H and O–H groups in total. The number of quaternary nitrogens is 1. The van der Waals surface area contributed by atoms with Crippen LogP contribution in [0.25, 0.3) is 0 Å². The highest BCUT2D eigenvalue weighted by Gasteiger charge is 2.14. The molecule has 0 saturated heterocycles. The first-order chi connectivity index (χ1) is 12.4. The van der Waals surface area contributed by atoms with Gasteiger partial charge in [0, 0.05) is 10.6 Å². The molecule has 0 fully saturated rings. The second-order valence-corrected chi connectivity index (χ2v) is 6.16. The van der Waals surface area contributed by atoms with E-state index < -0.39 is 6.61 Å². The molecule has 0 aliphatic carbocycles. The maximum absolute atomic E-state index is 12.2. The molecule has 0 radical (unpaired) electrons. The molecule has 0 heterocycles. The standard InChI is InChI=1S/C18H19ClF2N2O3/c1-23(10-12-3-6-14(7-4-12)26-18(20)21)11-17(24)22-15-9-13(19)5-8-16(15)25-2/h3-9,18H,10-11H2,1-2H3,(H,22,24)/p+1. The molecule has 1 amide bonds. The summed E-state index contributed by atoms with van der Waals surface area (Å²) >= 11 is 5.95. The molecule has 5 nitrogen and oxygen atoms in total. The van der Waals surface area contributed by atoms with Gasteiger partial charge in [0.25, 0.3) is 5.91 Å². The highest BCUT2D eigenvalue weighted by atomic mass is 35.5. The van der Waals surface area contributed by atoms with Crippen LogP contribution in [0.3, 0.4) is 0 Å². The van der Waals surface area contributed by atoms with E-state index in [9.17, 15) is 13.6 Å². The number of ether oxygens (including phenoxy) is 2. The van der Waals surface area contributed by atoms with Gasteiger partial charge in [-0.15, -0.1) is 0 Å². The van der Waals surface area contributed by atoms with E-state index in [0.29, 0.717) is 23.0 Å². The first-order valence-corrected chi connectivity index (χ1v) is 8.23. The minimum atomic E-state index is -2.85. The fourth-order valence-corrected chi connectivity index (χ4v) is 2.62. The summed E-state index contributed by atoms with van der Waals surface area (Å²) in [5.74, 6) is 0.433. The molecular formula is C18H20ClF2N2O3+. The number of amides is 1. The summed E-state index contributed by atoms with van der Waals surface area (Å²) in [6.45, 7) is -2.08. The van der Waals surface area contributed by atoms with Gasteiger partial charge in [-0.1, -0.05) is 11.6 Å². The van der Waals surface area contributed by atoms with Crippen LogP contribution in [-0.4, -0.2) is 33.2 Å². The van der Waals surface area contributed by atoms with Gasteiger partial charge in [0.05, 0.1) is 19.8 Å². The number of likely N-dealkylation sites (N-methyl/N-ethyl adjacent to an activating group) is 1. The van der Waals surface area contributed by atoms with Crippen LogP contribution in [0, 0.1) is 0 Å². The average Bonchev–Trinajstić information content (AvgIpc) is 2.56. The van der Waals surface area contributed by atoms with E-state index in [1.807, 2.05) is 7.05 Å². The molecule has 2 aromatic carbocycles. The Hall–Kier alpha value is -2.38. The monoisotopic (exact) mass is 385 g/mol. The molecular weight excluding hydrogens is 366 g/mol. The topological polar surface area (TPSA) is 52.0 Å². The van der Waals surface area contributed by atoms with Crippen molar-refractivity contribution in [3.05, 3.63) is 53.1 Å². The average molecular weight is 386 g/mol. The van der Waals surface area contributed by atoms with Gasteiger partial charge in [-0.25, -0.2) is 0 Å². The lowest BCUT2D eigenvalue weighted by Gasteiger charge is -2.15. The van der Waals surface area contributed by atoms with Crippen LogP contribution < -0.4 is 19.7 Å². The minimum absolute atomic E-state index is 0.104. The SMILES string of the molecule is COc1ccc(Cl)cc1NC(=O)C[NH+](C)Cc1ccc(OC(F)F)cc1. The Labute approximate surface area is 155 Å². The first kappa shape index (κ1) is 19.9. The molecule has 1 atom stereocenters. The number of rotatable bonds is 8. The summed E-state index contributed by atoms with van der Waals surface area (Å²) in [6, 6.07) is 11.3. The third kappa shape index (κ3) is 6.16. The Morgan fingerprint density at radius 2 is 1.92 bits per heavy atom. The highest BCUT2D eigenvalue weighted by molar-refractivity contribution is 6.31. The van der Waals surface area contributed by atoms with Crippen molar-refractivity contribution in [1.82, 2.24) is 0 Å². The number of hydrogen-bond donors (Lipinski definition) is 2. The largest absolute Gasteiger partial charge is 0.495 e. The Bertz CT molecular complexity index is 742. The molecule has 0 spiro atoms. The normalized spacial score (nSPS) is 11.9. The fourth-order valence-electron chi connectivity index (χ4n) is 2.45. The van der Waals surface area contributed by atoms with Crippen LogP contribution in [0.15, 0.2) is 42.5 Å². The lowest BCUT2D eigenvalue weighted by atomic mass is 10.2. The van der Waals surface area contributed by atoms with Crippen molar-refractivity contribution in [2.24, 2.45) is 0 Å². The lowest BCUT2D eigenvalue weighted by molar-refractivity contribution is -0.885. The zero-order valence-corrected chi connectivity index (χ0v) is 15.1. The second kappa shape index (κ2) is 9.35. The summed E-state index contributed by atoms with van der Waals surface area (Å²) < 4.78 is 33.8. The Morgan fingerprint density at radius 1 is 1.23 bits per heavy atom. The van der Waals surface area contributed by atoms with E-state index in [4.69, 9.17) is 16.3 Å². The van der Waals surface area contributed by atoms with Crippen LogP contribution >= 0.6 is 11.6 Å². The number of benzene rings is 2. The summed E-state index contributed by atoms with van der Waals surface area (Å²) in [7, 11) is 3.37. The van der Waals surface area contributed by atoms with Crippen molar-refractivity contribution in [2.75, 3.05) is 26.0 Å². The number of hydrogen-bond acceptors (Lipinski definition) is 3. The van der Waals surface area contributed by atoms with Crippen LogP contribution in [0.5, 0.6) is 11.5 Å². The van der Waals surface area contributed by atoms with E-state index >= 15 is 0 Å². The van der Waals surface area contributed by atoms with Crippen LogP contribution in [-0.2, 0) is 11.3 Å². The third-order valence-electron chi connectivity index (χ3n) is 3.55. The van der Waals surface area contributed by atoms with Crippen molar-refractivity contribution >= 4 is 23.2 Å². The molecule has 2 aromatic rings. The van der Waals surface area contributed by atoms with Gasteiger partial charge >= 0.3 is 6.61 Å². The molecule has 1 unspecified atom stereocenters. The van der Waals surface area contributed by atoms with Gasteiger partial charge in [-0.2, -0.15) is 8.78 Å². The van der Waals surface area contributed by atoms with Gasteiger partial charge in [0.2, 0.25) is 0 Å². The van der Waals surface area contributed by atoms with Gasteiger partial charge < -0.3 is 19.7 Å². The third-order valence-corrected chi connectivity index (χ3v) is 3.79. The molecule has 8 heteroatoms. The van der Waals surface area contributed by atoms with Gasteiger partial charge in [0.1, 0.15) is 18.0 Å². The molecule has 0 aliphatic heterocycles. The molecule has 26 heavy (non-hydrogen) atoms. The predicted octanol–water partition coefficient (Wildman–Crippen LogP) is 2.60. The Balaban J connectivity index is 1.90. The number of halogens is 3. The lowest BCUT2D eigenvalue weighted by Crippen LogP contribution is -3.08. The van der Waals surface area contributed by atoms with Crippen LogP contribution in [0.2, 0.25) is 5.02 Å². The van der Waals surface area contributed by atoms with E-state index in [0.717, 1.165) is 10.5 Å². The van der Waals surface area contributed by atoms with Gasteiger partial charge in [0.15, 0.2) is 6.54 Å². The minimum Gasteiger partial charge on any atom is -0.495 e. The number of carbonyl (C=O) groups is 1. The maximum Gasteiger partial charge on any atom is 0.387 e. The first-order valence-electron chi connectivity index (χ1n) is 7.86. The zero-order chi connectivity index (χ0) is 19.1. The van der Waals surface area contributed by atoms with Crippen LogP contribution in [0.1, 0.15) is 5.56 Å². The Morgan fingerprint density at radius 3 is 2.54 bits per heavy atom. The van der Waals surface area contributed by atoms with E-state index in [2.05, 4.69) is 10.1 Å². The van der Waals surface area contributed by atoms with Crippen molar-refractivity contribution < 1.29 is 27.9 Å². The van der Waals surface area contributed by atoms with Crippen LogP contribution in [0.4, 0.5) is 14.5 Å². The number of methoxy groups -OCH3 is 1. The predicted molar refractivity (Wildman–Crippen MR) is 95.2 cm³/mol. The highest BCUT2D eigenvalue weighted by Crippen LogP contribution is 2.27. The number of nitrogens with one attached hydrogen (secondary N) is 2. The van der Waals surface area contributed by atoms with Gasteiger partial charge in [-0.05, 0) is 42.5 Å². The summed E-state index contributed by atoms with van der Waals surface area (Å²) in [4.78, 5) is 13.2. The molecule has 0 bridgehead atoms.